The molecule has 7 nitrogen and oxygen atoms in total. The van der Waals surface area contributed by atoms with Gasteiger partial charge in [0, 0.05) is 6.42 Å². The Morgan fingerprint density at radius 2 is 2.40 bits per heavy atom. The molecule has 0 saturated heterocycles. The average Bonchev–Trinajstić information content (AvgIpc) is 2.78. The number of nitrogens with zero attached hydrogens (tertiary/aromatic N) is 5. The summed E-state index contributed by atoms with van der Waals surface area (Å²) in [4.78, 5) is 4.20. The third-order valence-corrected chi connectivity index (χ3v) is 1.83. The molecule has 2 aromatic rings. The maximum atomic E-state index is 5.43. The zero-order valence-electron chi connectivity index (χ0n) is 8.42. The van der Waals surface area contributed by atoms with Crippen molar-refractivity contribution in [1.29, 1.82) is 0 Å². The van der Waals surface area contributed by atoms with Crippen LogP contribution in [0, 0.1) is 0 Å². The fourth-order valence-electron chi connectivity index (χ4n) is 1.21. The molecule has 0 aliphatic rings. The number of aromatic nitrogens is 5. The topological polar surface area (TPSA) is 95.7 Å². The quantitative estimate of drug-likeness (QED) is 0.773. The molecular weight excluding hydrogens is 196 g/mol. The van der Waals surface area contributed by atoms with Crippen molar-refractivity contribution in [3.05, 3.63) is 17.9 Å². The molecule has 0 amide bonds. The van der Waals surface area contributed by atoms with Gasteiger partial charge >= 0.3 is 0 Å². The highest BCUT2D eigenvalue weighted by Gasteiger charge is 2.06. The molecule has 2 N–H and O–H groups in total. The SMILES string of the molecule is CCCc1nc(Cn2cc(N)nn2)no1. The van der Waals surface area contributed by atoms with E-state index in [1.807, 2.05) is 0 Å². The Balaban J connectivity index is 2.04. The van der Waals surface area contributed by atoms with Crippen LogP contribution in [0.5, 0.6) is 0 Å². The highest BCUT2D eigenvalue weighted by Crippen LogP contribution is 2.02. The van der Waals surface area contributed by atoms with Crippen molar-refractivity contribution in [2.45, 2.75) is 26.3 Å². The molecule has 0 radical (unpaired) electrons. The van der Waals surface area contributed by atoms with E-state index in [1.165, 1.54) is 0 Å². The van der Waals surface area contributed by atoms with Crippen LogP contribution < -0.4 is 5.73 Å². The highest BCUT2D eigenvalue weighted by atomic mass is 16.5. The molecule has 0 saturated carbocycles. The molecule has 2 rings (SSSR count). The second-order valence-corrected chi connectivity index (χ2v) is 3.20. The van der Waals surface area contributed by atoms with Gasteiger partial charge in [-0.05, 0) is 6.42 Å². The molecule has 15 heavy (non-hydrogen) atoms. The first-order chi connectivity index (χ1) is 7.28. The molecule has 0 fully saturated rings. The van der Waals surface area contributed by atoms with Crippen molar-refractivity contribution in [1.82, 2.24) is 25.1 Å². The molecule has 0 aliphatic carbocycles. The van der Waals surface area contributed by atoms with E-state index >= 15 is 0 Å². The number of nitrogen functional groups attached to an aromatic ring is 1. The zero-order valence-corrected chi connectivity index (χ0v) is 8.42. The summed E-state index contributed by atoms with van der Waals surface area (Å²) in [7, 11) is 0. The molecule has 7 heteroatoms. The van der Waals surface area contributed by atoms with Gasteiger partial charge in [0.25, 0.3) is 0 Å². The van der Waals surface area contributed by atoms with E-state index in [0.29, 0.717) is 24.1 Å². The summed E-state index contributed by atoms with van der Waals surface area (Å²) in [5.41, 5.74) is 5.43. The van der Waals surface area contributed by atoms with E-state index in [-0.39, 0.29) is 0 Å². The highest BCUT2D eigenvalue weighted by molar-refractivity contribution is 5.19. The zero-order chi connectivity index (χ0) is 10.7. The van der Waals surface area contributed by atoms with Crippen molar-refractivity contribution in [2.24, 2.45) is 0 Å². The molecule has 0 aliphatic heterocycles. The number of anilines is 1. The van der Waals surface area contributed by atoms with E-state index in [9.17, 15) is 0 Å². The summed E-state index contributed by atoms with van der Waals surface area (Å²) >= 11 is 0. The summed E-state index contributed by atoms with van der Waals surface area (Å²) in [6.45, 7) is 2.49. The van der Waals surface area contributed by atoms with Gasteiger partial charge in [-0.3, -0.25) is 0 Å². The molecule has 0 aromatic carbocycles. The van der Waals surface area contributed by atoms with Crippen LogP contribution in [0.15, 0.2) is 10.7 Å². The lowest BCUT2D eigenvalue weighted by Gasteiger charge is -1.91. The first kappa shape index (κ1) is 9.63. The normalized spacial score (nSPS) is 10.7. The predicted molar refractivity (Wildman–Crippen MR) is 51.8 cm³/mol. The summed E-state index contributed by atoms with van der Waals surface area (Å²) in [6, 6.07) is 0. The smallest absolute Gasteiger partial charge is 0.226 e. The van der Waals surface area contributed by atoms with Gasteiger partial charge in [-0.15, -0.1) is 5.10 Å². The van der Waals surface area contributed by atoms with Crippen LogP contribution in [0.3, 0.4) is 0 Å². The second kappa shape index (κ2) is 4.07. The van der Waals surface area contributed by atoms with Gasteiger partial charge in [0.2, 0.25) is 5.89 Å². The Morgan fingerprint density at radius 1 is 1.53 bits per heavy atom. The van der Waals surface area contributed by atoms with Crippen LogP contribution in [0.4, 0.5) is 5.82 Å². The summed E-state index contributed by atoms with van der Waals surface area (Å²) in [6.07, 6.45) is 3.40. The van der Waals surface area contributed by atoms with Gasteiger partial charge in [-0.25, -0.2) is 4.68 Å². The number of hydrogen-bond donors (Lipinski definition) is 1. The van der Waals surface area contributed by atoms with Gasteiger partial charge in [0.15, 0.2) is 11.6 Å². The third kappa shape index (κ3) is 2.30. The predicted octanol–water partition coefficient (Wildman–Crippen LogP) is 0.244. The molecule has 0 spiro atoms. The second-order valence-electron chi connectivity index (χ2n) is 3.20. The van der Waals surface area contributed by atoms with E-state index in [2.05, 4.69) is 27.4 Å². The monoisotopic (exact) mass is 208 g/mol. The molecule has 0 atom stereocenters. The van der Waals surface area contributed by atoms with Crippen LogP contribution in [0.2, 0.25) is 0 Å². The lowest BCUT2D eigenvalue weighted by atomic mass is 10.3. The number of hydrogen-bond acceptors (Lipinski definition) is 6. The lowest BCUT2D eigenvalue weighted by Crippen LogP contribution is -2.02. The Morgan fingerprint density at radius 3 is 3.07 bits per heavy atom. The molecule has 0 bridgehead atoms. The minimum absolute atomic E-state index is 0.382. The Labute approximate surface area is 86.3 Å². The van der Waals surface area contributed by atoms with Gasteiger partial charge in [-0.1, -0.05) is 17.3 Å². The van der Waals surface area contributed by atoms with Gasteiger partial charge in [-0.2, -0.15) is 4.98 Å². The van der Waals surface area contributed by atoms with Crippen molar-refractivity contribution in [3.8, 4) is 0 Å². The van der Waals surface area contributed by atoms with Gasteiger partial charge < -0.3 is 10.3 Å². The maximum absolute atomic E-state index is 5.43. The minimum Gasteiger partial charge on any atom is -0.381 e. The van der Waals surface area contributed by atoms with Crippen LogP contribution in [0.1, 0.15) is 25.1 Å². The van der Waals surface area contributed by atoms with Crippen LogP contribution in [-0.4, -0.2) is 25.1 Å². The minimum atomic E-state index is 0.382. The van der Waals surface area contributed by atoms with Gasteiger partial charge in [0.1, 0.15) is 6.54 Å². The number of rotatable bonds is 4. The van der Waals surface area contributed by atoms with Crippen LogP contribution >= 0.6 is 0 Å². The average molecular weight is 208 g/mol. The fraction of sp³-hybridized carbons (Fsp3) is 0.500. The molecular formula is C8H12N6O. The van der Waals surface area contributed by atoms with Crippen molar-refractivity contribution < 1.29 is 4.52 Å². The maximum Gasteiger partial charge on any atom is 0.226 e. The van der Waals surface area contributed by atoms with Crippen LogP contribution in [-0.2, 0) is 13.0 Å². The molecule has 0 unspecified atom stereocenters. The summed E-state index contributed by atoms with van der Waals surface area (Å²) < 4.78 is 6.60. The largest absolute Gasteiger partial charge is 0.381 e. The molecule has 80 valence electrons. The van der Waals surface area contributed by atoms with Crippen molar-refractivity contribution in [3.63, 3.8) is 0 Å². The lowest BCUT2D eigenvalue weighted by molar-refractivity contribution is 0.370. The van der Waals surface area contributed by atoms with Gasteiger partial charge in [0.05, 0.1) is 6.20 Å². The Hall–Kier alpha value is -1.92. The Bertz CT molecular complexity index is 434. The Kier molecular flexibility index (Phi) is 2.61. The van der Waals surface area contributed by atoms with Crippen LogP contribution in [0.25, 0.3) is 0 Å². The number of nitrogens with two attached hydrogens (primary N) is 1. The molecule has 2 aromatic heterocycles. The summed E-state index contributed by atoms with van der Waals surface area (Å²) in [5, 5.41) is 11.3. The third-order valence-electron chi connectivity index (χ3n) is 1.83. The van der Waals surface area contributed by atoms with E-state index in [0.717, 1.165) is 12.8 Å². The summed E-state index contributed by atoms with van der Waals surface area (Å²) in [5.74, 6) is 1.62. The number of aryl methyl sites for hydroxylation is 1. The first-order valence-corrected chi connectivity index (χ1v) is 4.75. The van der Waals surface area contributed by atoms with E-state index in [4.69, 9.17) is 10.3 Å². The van der Waals surface area contributed by atoms with E-state index in [1.54, 1.807) is 10.9 Å². The van der Waals surface area contributed by atoms with Crippen molar-refractivity contribution >= 4 is 5.82 Å². The first-order valence-electron chi connectivity index (χ1n) is 4.75. The standard InChI is InChI=1S/C8H12N6O/c1-2-3-8-10-7(12-15-8)5-14-4-6(9)11-13-14/h4H,2-3,5,9H2,1H3. The van der Waals surface area contributed by atoms with E-state index < -0.39 is 0 Å². The molecule has 2 heterocycles. The fourth-order valence-corrected chi connectivity index (χ4v) is 1.21. The van der Waals surface area contributed by atoms with Crippen molar-refractivity contribution in [2.75, 3.05) is 5.73 Å².